The lowest BCUT2D eigenvalue weighted by Gasteiger charge is -2.32. The van der Waals surface area contributed by atoms with Crippen molar-refractivity contribution in [3.05, 3.63) is 63.1 Å². The van der Waals surface area contributed by atoms with E-state index >= 15 is 0 Å². The summed E-state index contributed by atoms with van der Waals surface area (Å²) in [5.74, 6) is 0.631. The van der Waals surface area contributed by atoms with Gasteiger partial charge in [-0.1, -0.05) is 48.2 Å². The van der Waals surface area contributed by atoms with Crippen LogP contribution in [0.1, 0.15) is 68.1 Å². The van der Waals surface area contributed by atoms with Gasteiger partial charge in [-0.05, 0) is 92.7 Å². The molecule has 4 nitrogen and oxygen atoms in total. The zero-order valence-electron chi connectivity index (χ0n) is 19.5. The van der Waals surface area contributed by atoms with E-state index in [1.165, 1.54) is 24.0 Å². The van der Waals surface area contributed by atoms with E-state index in [9.17, 15) is 9.90 Å². The molecule has 2 N–H and O–H groups in total. The summed E-state index contributed by atoms with van der Waals surface area (Å²) in [6.07, 6.45) is 10.2. The second-order valence-electron chi connectivity index (χ2n) is 10.4. The third-order valence-corrected chi connectivity index (χ3v) is 9.14. The summed E-state index contributed by atoms with van der Waals surface area (Å²) < 4.78 is 6.01. The second-order valence-corrected chi connectivity index (χ2v) is 11.2. The average molecular weight is 502 g/mol. The SMILES string of the molecule is O=C(O)C1(C2CCCC2)CCC(NC2CCc3cc(OCc4c(Cl)cccc4Cl)ccc3C2)C1. The Kier molecular flexibility index (Phi) is 7.11. The van der Waals surface area contributed by atoms with Gasteiger partial charge >= 0.3 is 5.97 Å². The number of aliphatic carboxylic acids is 1. The molecule has 182 valence electrons. The number of ether oxygens (including phenoxy) is 1. The molecule has 0 bridgehead atoms. The van der Waals surface area contributed by atoms with Crippen LogP contribution in [-0.2, 0) is 24.2 Å². The van der Waals surface area contributed by atoms with E-state index in [0.29, 0.717) is 34.7 Å². The molecule has 34 heavy (non-hydrogen) atoms. The van der Waals surface area contributed by atoms with Gasteiger partial charge in [0.05, 0.1) is 5.41 Å². The van der Waals surface area contributed by atoms with Crippen molar-refractivity contribution >= 4 is 29.2 Å². The Morgan fingerprint density at radius 1 is 1.03 bits per heavy atom. The number of carbonyl (C=O) groups is 1. The summed E-state index contributed by atoms with van der Waals surface area (Å²) in [6.45, 7) is 0.343. The average Bonchev–Trinajstić information content (AvgIpc) is 3.50. The predicted molar refractivity (Wildman–Crippen MR) is 136 cm³/mol. The van der Waals surface area contributed by atoms with E-state index in [0.717, 1.165) is 62.7 Å². The molecule has 0 heterocycles. The van der Waals surface area contributed by atoms with Crippen molar-refractivity contribution in [3.8, 4) is 5.75 Å². The number of benzene rings is 2. The Labute approximate surface area is 212 Å². The van der Waals surface area contributed by atoms with E-state index < -0.39 is 11.4 Å². The molecule has 0 aromatic heterocycles. The number of aryl methyl sites for hydroxylation is 1. The fourth-order valence-corrected chi connectivity index (χ4v) is 7.06. The van der Waals surface area contributed by atoms with Crippen molar-refractivity contribution in [1.29, 1.82) is 0 Å². The van der Waals surface area contributed by atoms with E-state index in [1.54, 1.807) is 0 Å². The maximum absolute atomic E-state index is 12.3. The first kappa shape index (κ1) is 24.0. The molecular weight excluding hydrogens is 469 g/mol. The van der Waals surface area contributed by atoms with Crippen molar-refractivity contribution < 1.29 is 14.6 Å². The maximum atomic E-state index is 12.3. The van der Waals surface area contributed by atoms with Crippen LogP contribution in [0.5, 0.6) is 5.75 Å². The number of rotatable bonds is 7. The van der Waals surface area contributed by atoms with Gasteiger partial charge in [0.1, 0.15) is 12.4 Å². The quantitative estimate of drug-likeness (QED) is 0.436. The number of fused-ring (bicyclic) bond motifs is 1. The molecule has 2 fully saturated rings. The summed E-state index contributed by atoms with van der Waals surface area (Å²) in [5.41, 5.74) is 2.99. The van der Waals surface area contributed by atoms with Gasteiger partial charge < -0.3 is 15.2 Å². The van der Waals surface area contributed by atoms with Crippen molar-refractivity contribution in [2.24, 2.45) is 11.3 Å². The molecule has 2 saturated carbocycles. The molecule has 0 saturated heterocycles. The van der Waals surface area contributed by atoms with Crippen LogP contribution in [0, 0.1) is 11.3 Å². The number of nitrogens with one attached hydrogen (secondary N) is 1. The van der Waals surface area contributed by atoms with Crippen LogP contribution in [0.4, 0.5) is 0 Å². The molecule has 0 aliphatic heterocycles. The van der Waals surface area contributed by atoms with Gasteiger partial charge in [-0.3, -0.25) is 4.79 Å². The normalized spacial score (nSPS) is 27.0. The summed E-state index contributed by atoms with van der Waals surface area (Å²) in [5, 5.41) is 15.2. The van der Waals surface area contributed by atoms with Gasteiger partial charge in [-0.2, -0.15) is 0 Å². The highest BCUT2D eigenvalue weighted by Crippen LogP contribution is 2.51. The van der Waals surface area contributed by atoms with Gasteiger partial charge in [-0.25, -0.2) is 0 Å². The third-order valence-electron chi connectivity index (χ3n) is 8.43. The van der Waals surface area contributed by atoms with Gasteiger partial charge in [-0.15, -0.1) is 0 Å². The minimum Gasteiger partial charge on any atom is -0.489 e. The minimum atomic E-state index is -0.566. The van der Waals surface area contributed by atoms with Gasteiger partial charge in [0.15, 0.2) is 0 Å². The zero-order chi connectivity index (χ0) is 23.7. The van der Waals surface area contributed by atoms with Crippen LogP contribution >= 0.6 is 23.2 Å². The maximum Gasteiger partial charge on any atom is 0.309 e. The Morgan fingerprint density at radius 3 is 2.53 bits per heavy atom. The fraction of sp³-hybridized carbons (Fsp3) is 0.536. The first-order valence-electron chi connectivity index (χ1n) is 12.6. The van der Waals surface area contributed by atoms with Gasteiger partial charge in [0.2, 0.25) is 0 Å². The molecular formula is C28H33Cl2NO3. The molecule has 0 amide bonds. The Hall–Kier alpha value is -1.75. The molecule has 3 atom stereocenters. The smallest absolute Gasteiger partial charge is 0.309 e. The molecule has 5 rings (SSSR count). The summed E-state index contributed by atoms with van der Waals surface area (Å²) in [6, 6.07) is 12.5. The third kappa shape index (κ3) is 4.82. The van der Waals surface area contributed by atoms with Crippen LogP contribution < -0.4 is 10.1 Å². The molecule has 0 radical (unpaired) electrons. The molecule has 2 aromatic carbocycles. The Bertz CT molecular complexity index is 1030. The van der Waals surface area contributed by atoms with Gasteiger partial charge in [0.25, 0.3) is 0 Å². The first-order chi connectivity index (χ1) is 16.4. The fourth-order valence-electron chi connectivity index (χ4n) is 6.56. The topological polar surface area (TPSA) is 58.6 Å². The van der Waals surface area contributed by atoms with E-state index in [2.05, 4.69) is 17.4 Å². The monoisotopic (exact) mass is 501 g/mol. The highest BCUT2D eigenvalue weighted by Gasteiger charge is 2.51. The van der Waals surface area contributed by atoms with Crippen molar-refractivity contribution in [3.63, 3.8) is 0 Å². The second kappa shape index (κ2) is 10.1. The molecule has 3 aliphatic carbocycles. The highest BCUT2D eigenvalue weighted by atomic mass is 35.5. The van der Waals surface area contributed by atoms with Crippen LogP contribution in [0.3, 0.4) is 0 Å². The summed E-state index contributed by atoms with van der Waals surface area (Å²) in [7, 11) is 0. The molecule has 3 unspecified atom stereocenters. The van der Waals surface area contributed by atoms with E-state index in [-0.39, 0.29) is 0 Å². The number of carboxylic acid groups (broad SMARTS) is 1. The molecule has 0 spiro atoms. The number of carboxylic acids is 1. The Morgan fingerprint density at radius 2 is 1.79 bits per heavy atom. The first-order valence-corrected chi connectivity index (χ1v) is 13.4. The molecule has 2 aromatic rings. The van der Waals surface area contributed by atoms with Crippen LogP contribution in [0.25, 0.3) is 0 Å². The lowest BCUT2D eigenvalue weighted by atomic mass is 9.72. The van der Waals surface area contributed by atoms with Crippen LogP contribution in [0.2, 0.25) is 10.0 Å². The highest BCUT2D eigenvalue weighted by molar-refractivity contribution is 6.35. The van der Waals surface area contributed by atoms with Crippen molar-refractivity contribution in [2.75, 3.05) is 0 Å². The Balaban J connectivity index is 1.18. The lowest BCUT2D eigenvalue weighted by Crippen LogP contribution is -2.43. The predicted octanol–water partition coefficient (Wildman–Crippen LogP) is 6.83. The van der Waals surface area contributed by atoms with Crippen LogP contribution in [-0.4, -0.2) is 23.2 Å². The summed E-state index contributed by atoms with van der Waals surface area (Å²) >= 11 is 12.5. The molecule has 6 heteroatoms. The largest absolute Gasteiger partial charge is 0.489 e. The summed E-state index contributed by atoms with van der Waals surface area (Å²) in [4.78, 5) is 12.3. The lowest BCUT2D eigenvalue weighted by molar-refractivity contribution is -0.152. The van der Waals surface area contributed by atoms with Crippen molar-refractivity contribution in [1.82, 2.24) is 5.32 Å². The van der Waals surface area contributed by atoms with Crippen LogP contribution in [0.15, 0.2) is 36.4 Å². The van der Waals surface area contributed by atoms with Crippen molar-refractivity contribution in [2.45, 2.75) is 82.9 Å². The number of hydrogen-bond donors (Lipinski definition) is 2. The van der Waals surface area contributed by atoms with E-state index in [1.807, 2.05) is 24.3 Å². The van der Waals surface area contributed by atoms with E-state index in [4.69, 9.17) is 27.9 Å². The number of hydrogen-bond acceptors (Lipinski definition) is 3. The zero-order valence-corrected chi connectivity index (χ0v) is 21.0. The standard InChI is InChI=1S/C28H33Cl2NO3/c29-25-6-3-7-26(30)24(25)17-34-23-11-9-18-14-21(10-8-19(18)15-23)31-22-12-13-28(16-22,27(32)33)20-4-1-2-5-20/h3,6-7,9,11,15,20-22,31H,1-2,4-5,8,10,12-14,16-17H2,(H,32,33). The minimum absolute atomic E-state index is 0.311. The molecule has 3 aliphatic rings. The van der Waals surface area contributed by atoms with Gasteiger partial charge in [0, 0.05) is 27.7 Å². The number of halogens is 2.